The molecule has 114 valence electrons. The summed E-state index contributed by atoms with van der Waals surface area (Å²) in [5.41, 5.74) is 11.9. The smallest absolute Gasteiger partial charge is 0.184 e. The van der Waals surface area contributed by atoms with Crippen molar-refractivity contribution < 1.29 is 0 Å². The van der Waals surface area contributed by atoms with Crippen LogP contribution in [-0.2, 0) is 0 Å². The van der Waals surface area contributed by atoms with Gasteiger partial charge in [-0.1, -0.05) is 59.9 Å². The summed E-state index contributed by atoms with van der Waals surface area (Å²) < 4.78 is 2.92. The summed E-state index contributed by atoms with van der Waals surface area (Å²) in [7, 11) is 0. The average molecular weight is 506 g/mol. The SMILES string of the molecule is Cc1ccc(/C(=N\NC(N)=S)c2cc(Br)cc(Br)c2)cc1Br. The van der Waals surface area contributed by atoms with Gasteiger partial charge in [0.1, 0.15) is 0 Å². The summed E-state index contributed by atoms with van der Waals surface area (Å²) in [5.74, 6) is 0. The Balaban J connectivity index is 2.57. The normalized spacial score (nSPS) is 11.4. The van der Waals surface area contributed by atoms with Crippen LogP contribution in [0.25, 0.3) is 0 Å². The van der Waals surface area contributed by atoms with Crippen molar-refractivity contribution in [3.63, 3.8) is 0 Å². The summed E-state index contributed by atoms with van der Waals surface area (Å²) in [6, 6.07) is 12.0. The number of rotatable bonds is 3. The third-order valence-corrected chi connectivity index (χ3v) is 4.72. The highest BCUT2D eigenvalue weighted by atomic mass is 79.9. The Hall–Kier alpha value is -0.760. The van der Waals surface area contributed by atoms with E-state index in [4.69, 9.17) is 18.0 Å². The molecule has 0 heterocycles. The molecule has 0 aliphatic heterocycles. The number of nitrogens with one attached hydrogen (secondary N) is 1. The highest BCUT2D eigenvalue weighted by Gasteiger charge is 2.11. The number of aryl methyl sites for hydroxylation is 1. The van der Waals surface area contributed by atoms with Crippen LogP contribution < -0.4 is 11.2 Å². The van der Waals surface area contributed by atoms with Crippen LogP contribution in [0.5, 0.6) is 0 Å². The van der Waals surface area contributed by atoms with Crippen molar-refractivity contribution in [1.82, 2.24) is 5.43 Å². The Labute approximate surface area is 159 Å². The van der Waals surface area contributed by atoms with E-state index in [1.54, 1.807) is 0 Å². The molecule has 0 fully saturated rings. The molecule has 0 bridgehead atoms. The molecule has 0 aliphatic carbocycles. The fraction of sp³-hybridized carbons (Fsp3) is 0.0667. The van der Waals surface area contributed by atoms with Gasteiger partial charge in [0.25, 0.3) is 0 Å². The summed E-state index contributed by atoms with van der Waals surface area (Å²) in [4.78, 5) is 0. The molecule has 0 amide bonds. The molecule has 0 atom stereocenters. The van der Waals surface area contributed by atoms with Crippen molar-refractivity contribution in [3.8, 4) is 0 Å². The predicted octanol–water partition coefficient (Wildman–Crippen LogP) is 4.87. The number of nitrogens with zero attached hydrogens (tertiary/aromatic N) is 1. The summed E-state index contributed by atoms with van der Waals surface area (Å²) >= 11 is 15.4. The maximum atomic E-state index is 5.50. The number of benzene rings is 2. The second kappa shape index (κ2) is 7.68. The summed E-state index contributed by atoms with van der Waals surface area (Å²) in [6.07, 6.45) is 0. The van der Waals surface area contributed by atoms with Gasteiger partial charge in [-0.15, -0.1) is 0 Å². The van der Waals surface area contributed by atoms with E-state index in [-0.39, 0.29) is 5.11 Å². The third-order valence-electron chi connectivity index (χ3n) is 2.86. The first-order valence-corrected chi connectivity index (χ1v) is 9.01. The van der Waals surface area contributed by atoms with Crippen molar-refractivity contribution >= 4 is 70.8 Å². The lowest BCUT2D eigenvalue weighted by atomic mass is 10.0. The lowest BCUT2D eigenvalue weighted by Gasteiger charge is -2.10. The van der Waals surface area contributed by atoms with Gasteiger partial charge in [0.05, 0.1) is 5.71 Å². The van der Waals surface area contributed by atoms with E-state index in [0.717, 1.165) is 35.8 Å². The topological polar surface area (TPSA) is 50.4 Å². The number of hydrazone groups is 1. The monoisotopic (exact) mass is 503 g/mol. The van der Waals surface area contributed by atoms with E-state index in [9.17, 15) is 0 Å². The van der Waals surface area contributed by atoms with Crippen LogP contribution in [0.3, 0.4) is 0 Å². The van der Waals surface area contributed by atoms with E-state index in [2.05, 4.69) is 58.3 Å². The molecule has 3 N–H and O–H groups in total. The molecule has 0 unspecified atom stereocenters. The maximum absolute atomic E-state index is 5.50. The molecular weight excluding hydrogens is 494 g/mol. The fourth-order valence-corrected chi connectivity index (χ4v) is 3.56. The van der Waals surface area contributed by atoms with E-state index >= 15 is 0 Å². The highest BCUT2D eigenvalue weighted by Crippen LogP contribution is 2.24. The van der Waals surface area contributed by atoms with Crippen LogP contribution in [0.2, 0.25) is 0 Å². The molecule has 2 rings (SSSR count). The summed E-state index contributed by atoms with van der Waals surface area (Å²) in [5, 5.41) is 4.48. The number of thiocarbonyl (C=S) groups is 1. The van der Waals surface area contributed by atoms with Crippen LogP contribution in [0, 0.1) is 6.92 Å². The van der Waals surface area contributed by atoms with Gasteiger partial charge in [0, 0.05) is 24.5 Å². The quantitative estimate of drug-likeness (QED) is 0.355. The van der Waals surface area contributed by atoms with Crippen LogP contribution in [-0.4, -0.2) is 10.8 Å². The number of hydrogen-bond donors (Lipinski definition) is 2. The third kappa shape index (κ3) is 4.62. The number of halogens is 3. The van der Waals surface area contributed by atoms with E-state index < -0.39 is 0 Å². The van der Waals surface area contributed by atoms with Gasteiger partial charge < -0.3 is 5.73 Å². The molecule has 0 aliphatic rings. The predicted molar refractivity (Wildman–Crippen MR) is 106 cm³/mol. The molecule has 3 nitrogen and oxygen atoms in total. The molecule has 0 saturated carbocycles. The minimum atomic E-state index is 0.123. The Morgan fingerprint density at radius 3 is 2.23 bits per heavy atom. The first kappa shape index (κ1) is 17.6. The van der Waals surface area contributed by atoms with Gasteiger partial charge in [-0.2, -0.15) is 5.10 Å². The Morgan fingerprint density at radius 1 is 1.05 bits per heavy atom. The lowest BCUT2D eigenvalue weighted by Crippen LogP contribution is -2.26. The minimum Gasteiger partial charge on any atom is -0.375 e. The van der Waals surface area contributed by atoms with Gasteiger partial charge in [-0.25, -0.2) is 0 Å². The molecule has 2 aromatic rings. The zero-order chi connectivity index (χ0) is 16.3. The van der Waals surface area contributed by atoms with Crippen molar-refractivity contribution in [1.29, 1.82) is 0 Å². The number of nitrogens with two attached hydrogens (primary N) is 1. The average Bonchev–Trinajstić information content (AvgIpc) is 2.41. The van der Waals surface area contributed by atoms with Crippen LogP contribution >= 0.6 is 60.0 Å². The maximum Gasteiger partial charge on any atom is 0.184 e. The Kier molecular flexibility index (Phi) is 6.14. The van der Waals surface area contributed by atoms with Gasteiger partial charge in [-0.3, -0.25) is 5.43 Å². The minimum absolute atomic E-state index is 0.123. The molecule has 0 aromatic heterocycles. The van der Waals surface area contributed by atoms with Crippen LogP contribution in [0.15, 0.2) is 54.9 Å². The molecule has 22 heavy (non-hydrogen) atoms. The molecule has 2 aromatic carbocycles. The van der Waals surface area contributed by atoms with Gasteiger partial charge in [-0.05, 0) is 49.0 Å². The number of hydrogen-bond acceptors (Lipinski definition) is 2. The van der Waals surface area contributed by atoms with E-state index in [1.807, 2.05) is 43.3 Å². The molecule has 0 radical (unpaired) electrons. The lowest BCUT2D eigenvalue weighted by molar-refractivity contribution is 1.03. The zero-order valence-corrected chi connectivity index (χ0v) is 17.1. The van der Waals surface area contributed by atoms with Crippen LogP contribution in [0.4, 0.5) is 0 Å². The molecule has 0 saturated heterocycles. The fourth-order valence-electron chi connectivity index (χ4n) is 1.84. The van der Waals surface area contributed by atoms with Gasteiger partial charge >= 0.3 is 0 Å². The summed E-state index contributed by atoms with van der Waals surface area (Å²) in [6.45, 7) is 2.04. The molecule has 7 heteroatoms. The largest absolute Gasteiger partial charge is 0.375 e. The second-order valence-electron chi connectivity index (χ2n) is 4.56. The molecular formula is C15H12Br3N3S. The van der Waals surface area contributed by atoms with E-state index in [1.165, 1.54) is 0 Å². The zero-order valence-electron chi connectivity index (χ0n) is 11.5. The second-order valence-corrected chi connectivity index (χ2v) is 7.68. The van der Waals surface area contributed by atoms with Crippen molar-refractivity contribution in [2.24, 2.45) is 10.8 Å². The van der Waals surface area contributed by atoms with Gasteiger partial charge in [0.15, 0.2) is 5.11 Å². The van der Waals surface area contributed by atoms with Crippen molar-refractivity contribution in [3.05, 3.63) is 66.5 Å². The Morgan fingerprint density at radius 2 is 1.68 bits per heavy atom. The highest BCUT2D eigenvalue weighted by molar-refractivity contribution is 9.11. The molecule has 0 spiro atoms. The first-order chi connectivity index (χ1) is 10.4. The van der Waals surface area contributed by atoms with Crippen LogP contribution in [0.1, 0.15) is 16.7 Å². The Bertz CT molecular complexity index is 739. The van der Waals surface area contributed by atoms with Crippen molar-refractivity contribution in [2.75, 3.05) is 0 Å². The standard InChI is InChI=1S/C15H12Br3N3S/c1-8-2-3-9(6-13(8)18)14(20-21-15(19)22)10-4-11(16)7-12(17)5-10/h2-7H,1H3,(H3,19,21,22)/b20-14+. The van der Waals surface area contributed by atoms with E-state index in [0.29, 0.717) is 0 Å². The van der Waals surface area contributed by atoms with Crippen molar-refractivity contribution in [2.45, 2.75) is 6.92 Å². The van der Waals surface area contributed by atoms with Gasteiger partial charge in [0.2, 0.25) is 0 Å². The first-order valence-electron chi connectivity index (χ1n) is 6.23.